The van der Waals surface area contributed by atoms with Crippen molar-refractivity contribution in [2.24, 2.45) is 0 Å². The van der Waals surface area contributed by atoms with E-state index in [0.29, 0.717) is 0 Å². The monoisotopic (exact) mass is 281 g/mol. The van der Waals surface area contributed by atoms with Gasteiger partial charge in [0.05, 0.1) is 10.5 Å². The number of fused-ring (bicyclic) bond motifs is 1. The van der Waals surface area contributed by atoms with E-state index in [1.165, 1.54) is 0 Å². The van der Waals surface area contributed by atoms with Gasteiger partial charge in [-0.2, -0.15) is 0 Å². The largest absolute Gasteiger partial charge is 0.481 e. The highest BCUT2D eigenvalue weighted by molar-refractivity contribution is 6.49. The van der Waals surface area contributed by atoms with Crippen molar-refractivity contribution in [1.82, 2.24) is 0 Å². The van der Waals surface area contributed by atoms with E-state index in [0.717, 1.165) is 18.2 Å². The van der Waals surface area contributed by atoms with Crippen LogP contribution in [0.5, 0.6) is 0 Å². The summed E-state index contributed by atoms with van der Waals surface area (Å²) in [5, 5.41) is 37.8. The van der Waals surface area contributed by atoms with Gasteiger partial charge >= 0.3 is 19.1 Å². The van der Waals surface area contributed by atoms with Gasteiger partial charge < -0.3 is 19.9 Å². The Morgan fingerprint density at radius 1 is 1.45 bits per heavy atom. The Bertz CT molecular complexity index is 601. The fourth-order valence-electron chi connectivity index (χ4n) is 2.01. The number of ether oxygens (including phenoxy) is 1. The third-order valence-electron chi connectivity index (χ3n) is 2.94. The highest BCUT2D eigenvalue weighted by Crippen LogP contribution is 2.41. The van der Waals surface area contributed by atoms with Crippen LogP contribution < -0.4 is 0 Å². The van der Waals surface area contributed by atoms with Crippen LogP contribution in [0.4, 0.5) is 5.69 Å². The number of hydrogen-bond donors (Lipinski definition) is 3. The summed E-state index contributed by atoms with van der Waals surface area (Å²) in [5.41, 5.74) is -0.444. The molecule has 0 aliphatic carbocycles. The van der Waals surface area contributed by atoms with E-state index in [1.54, 1.807) is 0 Å². The quantitative estimate of drug-likeness (QED) is 0.296. The first-order valence-electron chi connectivity index (χ1n) is 5.41. The fourth-order valence-corrected chi connectivity index (χ4v) is 2.01. The van der Waals surface area contributed by atoms with Gasteiger partial charge in [-0.3, -0.25) is 14.9 Å². The molecule has 0 fully saturated rings. The molecule has 3 N–H and O–H groups in total. The molecule has 1 aliphatic heterocycles. The Morgan fingerprint density at radius 2 is 2.10 bits per heavy atom. The molecule has 10 heteroatoms. The lowest BCUT2D eigenvalue weighted by Crippen LogP contribution is -2.32. The number of nitrogens with zero attached hydrogens (tertiary/aromatic N) is 1. The van der Waals surface area contributed by atoms with Crippen molar-refractivity contribution in [1.29, 1.82) is 0 Å². The van der Waals surface area contributed by atoms with Gasteiger partial charge in [-0.05, 0) is 6.07 Å². The lowest BCUT2D eigenvalue weighted by Gasteiger charge is -2.18. The molecule has 9 nitrogen and oxygen atoms in total. The third kappa shape index (κ3) is 2.21. The Morgan fingerprint density at radius 3 is 2.60 bits per heavy atom. The minimum atomic E-state index is -2.28. The van der Waals surface area contributed by atoms with Crippen LogP contribution in [-0.2, 0) is 9.53 Å². The molecule has 1 aromatic carbocycles. The number of cyclic esters (lactones) is 1. The van der Waals surface area contributed by atoms with Gasteiger partial charge in [-0.25, -0.2) is 4.79 Å². The second-order valence-electron chi connectivity index (χ2n) is 4.13. The number of nitro groups is 1. The molecule has 2 atom stereocenters. The van der Waals surface area contributed by atoms with Crippen LogP contribution in [0.15, 0.2) is 18.2 Å². The van der Waals surface area contributed by atoms with Gasteiger partial charge in [0.1, 0.15) is 11.9 Å². The molecule has 0 spiro atoms. The summed E-state index contributed by atoms with van der Waals surface area (Å²) in [6.45, 7) is 0. The number of nitro benzene ring substituents is 1. The van der Waals surface area contributed by atoms with Crippen LogP contribution in [0.25, 0.3) is 0 Å². The molecular weight excluding hydrogens is 273 g/mol. The lowest BCUT2D eigenvalue weighted by atomic mass is 9.68. The number of carbonyl (C=O) groups excluding carboxylic acids is 1. The molecular formula is C10H8BNO8. The van der Waals surface area contributed by atoms with Crippen LogP contribution >= 0.6 is 0 Å². The van der Waals surface area contributed by atoms with Crippen molar-refractivity contribution in [2.45, 2.75) is 11.9 Å². The van der Waals surface area contributed by atoms with E-state index in [9.17, 15) is 19.7 Å². The van der Waals surface area contributed by atoms with Crippen molar-refractivity contribution in [2.75, 3.05) is 0 Å². The maximum Gasteiger partial charge on any atom is 0.470 e. The summed E-state index contributed by atoms with van der Waals surface area (Å²) < 4.78 is 4.79. The van der Waals surface area contributed by atoms with Crippen LogP contribution in [0.1, 0.15) is 22.0 Å². The van der Waals surface area contributed by atoms with Gasteiger partial charge in [-0.1, -0.05) is 0 Å². The van der Waals surface area contributed by atoms with E-state index < -0.39 is 35.9 Å². The van der Waals surface area contributed by atoms with E-state index in [1.807, 2.05) is 0 Å². The molecule has 2 rings (SSSR count). The van der Waals surface area contributed by atoms with Crippen LogP contribution in [0.3, 0.4) is 0 Å². The predicted molar refractivity (Wildman–Crippen MR) is 62.8 cm³/mol. The number of esters is 1. The molecule has 104 valence electrons. The van der Waals surface area contributed by atoms with Crippen molar-refractivity contribution < 1.29 is 34.4 Å². The maximum absolute atomic E-state index is 11.6. The van der Waals surface area contributed by atoms with Crippen molar-refractivity contribution in [3.05, 3.63) is 39.4 Å². The molecule has 0 aromatic heterocycles. The number of rotatable bonds is 4. The Hall–Kier alpha value is -2.46. The second kappa shape index (κ2) is 4.91. The van der Waals surface area contributed by atoms with Gasteiger partial charge in [-0.15, -0.1) is 0 Å². The first kappa shape index (κ1) is 14.0. The standard InChI is InChI=1S/C10H8BNO8/c13-9(14)7(11(16)17)8-6-3-4(12(18)19)1-2-5(6)10(15)20-8/h1-3,7-8,16-17H,(H,13,14). The van der Waals surface area contributed by atoms with Crippen LogP contribution in [0, 0.1) is 10.1 Å². The molecule has 1 aliphatic rings. The van der Waals surface area contributed by atoms with Crippen LogP contribution in [-0.4, -0.2) is 39.1 Å². The average Bonchev–Trinajstić information content (AvgIpc) is 2.65. The average molecular weight is 281 g/mol. The van der Waals surface area contributed by atoms with Crippen LogP contribution in [0.2, 0.25) is 5.82 Å². The number of carboxylic acids is 1. The minimum Gasteiger partial charge on any atom is -0.481 e. The molecule has 1 aromatic rings. The first-order valence-corrected chi connectivity index (χ1v) is 5.41. The zero-order valence-electron chi connectivity index (χ0n) is 9.79. The number of carboxylic acid groups (broad SMARTS) is 1. The summed E-state index contributed by atoms with van der Waals surface area (Å²) in [4.78, 5) is 32.6. The maximum atomic E-state index is 11.6. The third-order valence-corrected chi connectivity index (χ3v) is 2.94. The van der Waals surface area contributed by atoms with Gasteiger partial charge in [0, 0.05) is 17.7 Å². The Labute approximate surface area is 111 Å². The smallest absolute Gasteiger partial charge is 0.470 e. The molecule has 0 bridgehead atoms. The molecule has 2 unspecified atom stereocenters. The number of aliphatic carboxylic acids is 1. The van der Waals surface area contributed by atoms with E-state index in [4.69, 9.17) is 19.9 Å². The zero-order valence-corrected chi connectivity index (χ0v) is 9.79. The summed E-state index contributed by atoms with van der Waals surface area (Å²) in [7, 11) is -2.28. The summed E-state index contributed by atoms with van der Waals surface area (Å²) in [6.07, 6.45) is -1.49. The molecule has 20 heavy (non-hydrogen) atoms. The van der Waals surface area contributed by atoms with Crippen molar-refractivity contribution in [3.8, 4) is 0 Å². The summed E-state index contributed by atoms with van der Waals surface area (Å²) in [5.74, 6) is -4.30. The molecule has 0 amide bonds. The molecule has 0 radical (unpaired) electrons. The number of non-ortho nitro benzene ring substituents is 1. The van der Waals surface area contributed by atoms with E-state index in [2.05, 4.69) is 0 Å². The SMILES string of the molecule is O=C1OC(C(B(O)O)C(=O)O)c2cc([N+](=O)[O-])ccc21. The fraction of sp³-hybridized carbons (Fsp3) is 0.200. The first-order chi connectivity index (χ1) is 9.32. The minimum absolute atomic E-state index is 0.0347. The molecule has 0 saturated carbocycles. The second-order valence-corrected chi connectivity index (χ2v) is 4.13. The zero-order chi connectivity index (χ0) is 15.0. The lowest BCUT2D eigenvalue weighted by molar-refractivity contribution is -0.385. The van der Waals surface area contributed by atoms with Gasteiger partial charge in [0.2, 0.25) is 0 Å². The van der Waals surface area contributed by atoms with Gasteiger partial charge in [0.15, 0.2) is 0 Å². The Balaban J connectivity index is 2.51. The number of carbonyl (C=O) groups is 2. The van der Waals surface area contributed by atoms with Crippen molar-refractivity contribution >= 4 is 24.7 Å². The highest BCUT2D eigenvalue weighted by atomic mass is 16.6. The van der Waals surface area contributed by atoms with E-state index in [-0.39, 0.29) is 16.8 Å². The highest BCUT2D eigenvalue weighted by Gasteiger charge is 2.46. The van der Waals surface area contributed by atoms with E-state index >= 15 is 0 Å². The molecule has 0 saturated heterocycles. The topological polar surface area (TPSA) is 147 Å². The summed E-state index contributed by atoms with van der Waals surface area (Å²) >= 11 is 0. The number of hydrogen-bond acceptors (Lipinski definition) is 7. The number of benzene rings is 1. The predicted octanol–water partition coefficient (Wildman–Crippen LogP) is -0.266. The molecule has 1 heterocycles. The normalized spacial score (nSPS) is 18.1. The van der Waals surface area contributed by atoms with Crippen molar-refractivity contribution in [3.63, 3.8) is 0 Å². The van der Waals surface area contributed by atoms with Gasteiger partial charge in [0.25, 0.3) is 5.69 Å². The Kier molecular flexibility index (Phi) is 3.43. The summed E-state index contributed by atoms with van der Waals surface area (Å²) in [6, 6.07) is 3.20.